The Bertz CT molecular complexity index is 759. The van der Waals surface area contributed by atoms with Gasteiger partial charge in [-0.25, -0.2) is 8.42 Å². The molecule has 0 heterocycles. The first-order valence-corrected chi connectivity index (χ1v) is 8.30. The summed E-state index contributed by atoms with van der Waals surface area (Å²) in [7, 11) is -3.68. The number of benzene rings is 2. The van der Waals surface area contributed by atoms with Gasteiger partial charge in [-0.2, -0.15) is 0 Å². The first-order chi connectivity index (χ1) is 9.88. The van der Waals surface area contributed by atoms with Crippen LogP contribution in [0.2, 0.25) is 5.02 Å². The van der Waals surface area contributed by atoms with Gasteiger partial charge >= 0.3 is 0 Å². The fourth-order valence-electron chi connectivity index (χ4n) is 1.74. The van der Waals surface area contributed by atoms with Gasteiger partial charge in [0.15, 0.2) is 0 Å². The quantitative estimate of drug-likeness (QED) is 0.821. The SMILES string of the molecule is NC(=S)Cc1ccc(S(=O)(=O)Nc2ccccc2Cl)cc1. The first kappa shape index (κ1) is 15.8. The molecule has 3 N–H and O–H groups in total. The number of nitrogens with one attached hydrogen (secondary N) is 1. The van der Waals surface area contributed by atoms with Gasteiger partial charge in [-0.15, -0.1) is 0 Å². The van der Waals surface area contributed by atoms with E-state index in [1.807, 2.05) is 0 Å². The van der Waals surface area contributed by atoms with Gasteiger partial charge in [-0.05, 0) is 29.8 Å². The van der Waals surface area contributed by atoms with Gasteiger partial charge in [-0.3, -0.25) is 4.72 Å². The zero-order chi connectivity index (χ0) is 15.5. The summed E-state index contributed by atoms with van der Waals surface area (Å²) in [5.41, 5.74) is 6.65. The zero-order valence-corrected chi connectivity index (χ0v) is 13.3. The van der Waals surface area contributed by atoms with Gasteiger partial charge < -0.3 is 5.73 Å². The molecule has 0 fully saturated rings. The highest BCUT2D eigenvalue weighted by Crippen LogP contribution is 2.24. The van der Waals surface area contributed by atoms with Gasteiger partial charge in [-0.1, -0.05) is 48.1 Å². The van der Waals surface area contributed by atoms with Crippen LogP contribution in [0.3, 0.4) is 0 Å². The van der Waals surface area contributed by atoms with Crippen molar-refractivity contribution in [2.45, 2.75) is 11.3 Å². The normalized spacial score (nSPS) is 11.1. The molecule has 0 saturated carbocycles. The lowest BCUT2D eigenvalue weighted by Gasteiger charge is -2.10. The summed E-state index contributed by atoms with van der Waals surface area (Å²) < 4.78 is 27.0. The first-order valence-electron chi connectivity index (χ1n) is 6.03. The Morgan fingerprint density at radius 3 is 2.33 bits per heavy atom. The third kappa shape index (κ3) is 4.17. The Kier molecular flexibility index (Phi) is 4.82. The highest BCUT2D eigenvalue weighted by Gasteiger charge is 2.15. The second-order valence-electron chi connectivity index (χ2n) is 4.37. The lowest BCUT2D eigenvalue weighted by Crippen LogP contribution is -2.14. The summed E-state index contributed by atoms with van der Waals surface area (Å²) >= 11 is 10.8. The molecule has 0 aliphatic heterocycles. The number of para-hydroxylation sites is 1. The van der Waals surface area contributed by atoms with Crippen molar-refractivity contribution >= 4 is 44.5 Å². The molecular weight excluding hydrogens is 328 g/mol. The Morgan fingerprint density at radius 2 is 1.76 bits per heavy atom. The van der Waals surface area contributed by atoms with Crippen LogP contribution in [0.25, 0.3) is 0 Å². The molecule has 0 amide bonds. The predicted octanol–water partition coefficient (Wildman–Crippen LogP) is 2.97. The molecule has 0 bridgehead atoms. The molecule has 0 unspecified atom stereocenters. The van der Waals surface area contributed by atoms with Crippen LogP contribution in [0.5, 0.6) is 0 Å². The summed E-state index contributed by atoms with van der Waals surface area (Å²) in [6.07, 6.45) is 0.438. The second kappa shape index (κ2) is 6.43. The number of hydrogen-bond acceptors (Lipinski definition) is 3. The van der Waals surface area contributed by atoms with E-state index in [4.69, 9.17) is 29.6 Å². The molecule has 0 saturated heterocycles. The highest BCUT2D eigenvalue weighted by atomic mass is 35.5. The van der Waals surface area contributed by atoms with Crippen molar-refractivity contribution in [3.8, 4) is 0 Å². The van der Waals surface area contributed by atoms with E-state index in [1.165, 1.54) is 12.1 Å². The molecule has 2 aromatic carbocycles. The predicted molar refractivity (Wildman–Crippen MR) is 89.2 cm³/mol. The zero-order valence-electron chi connectivity index (χ0n) is 10.9. The average molecular weight is 341 g/mol. The van der Waals surface area contributed by atoms with Crippen LogP contribution in [0.1, 0.15) is 5.56 Å². The largest absolute Gasteiger partial charge is 0.393 e. The maximum Gasteiger partial charge on any atom is 0.261 e. The van der Waals surface area contributed by atoms with Crippen LogP contribution in [-0.4, -0.2) is 13.4 Å². The minimum Gasteiger partial charge on any atom is -0.393 e. The van der Waals surface area contributed by atoms with E-state index >= 15 is 0 Å². The topological polar surface area (TPSA) is 72.2 Å². The number of halogens is 1. The molecule has 4 nitrogen and oxygen atoms in total. The Labute approximate surface area is 134 Å². The smallest absolute Gasteiger partial charge is 0.261 e. The van der Waals surface area contributed by atoms with E-state index in [2.05, 4.69) is 4.72 Å². The molecular formula is C14H13ClN2O2S2. The molecule has 21 heavy (non-hydrogen) atoms. The van der Waals surface area contributed by atoms with Crippen LogP contribution >= 0.6 is 23.8 Å². The summed E-state index contributed by atoms with van der Waals surface area (Å²) in [6, 6.07) is 13.0. The van der Waals surface area contributed by atoms with Crippen molar-refractivity contribution in [3.63, 3.8) is 0 Å². The van der Waals surface area contributed by atoms with Gasteiger partial charge in [0.05, 0.1) is 20.6 Å². The van der Waals surface area contributed by atoms with Crippen molar-refractivity contribution in [1.29, 1.82) is 0 Å². The molecule has 0 aliphatic rings. The van der Waals surface area contributed by atoms with Crippen LogP contribution in [0, 0.1) is 0 Å². The van der Waals surface area contributed by atoms with E-state index in [0.29, 0.717) is 22.1 Å². The van der Waals surface area contributed by atoms with Crippen molar-refractivity contribution in [2.24, 2.45) is 5.73 Å². The van der Waals surface area contributed by atoms with E-state index in [1.54, 1.807) is 36.4 Å². The molecule has 2 aromatic rings. The maximum atomic E-state index is 12.3. The molecule has 0 radical (unpaired) electrons. The summed E-state index contributed by atoms with van der Waals surface area (Å²) in [4.78, 5) is 0.508. The van der Waals surface area contributed by atoms with Gasteiger partial charge in [0.1, 0.15) is 0 Å². The summed E-state index contributed by atoms with van der Waals surface area (Å²) in [6.45, 7) is 0. The summed E-state index contributed by atoms with van der Waals surface area (Å²) in [5, 5.41) is 0.339. The summed E-state index contributed by atoms with van der Waals surface area (Å²) in [5.74, 6) is 0. The molecule has 7 heteroatoms. The Balaban J connectivity index is 2.24. The van der Waals surface area contributed by atoms with Crippen molar-refractivity contribution in [2.75, 3.05) is 4.72 Å². The maximum absolute atomic E-state index is 12.3. The highest BCUT2D eigenvalue weighted by molar-refractivity contribution is 7.92. The van der Waals surface area contributed by atoms with Crippen molar-refractivity contribution < 1.29 is 8.42 Å². The molecule has 0 aliphatic carbocycles. The lowest BCUT2D eigenvalue weighted by atomic mass is 10.1. The number of rotatable bonds is 5. The monoisotopic (exact) mass is 340 g/mol. The second-order valence-corrected chi connectivity index (χ2v) is 6.99. The third-order valence-electron chi connectivity index (χ3n) is 2.73. The standard InChI is InChI=1S/C14H13ClN2O2S2/c15-12-3-1-2-4-13(12)17-21(18,19)11-7-5-10(6-8-11)9-14(16)20/h1-8,17H,9H2,(H2,16,20). The molecule has 110 valence electrons. The lowest BCUT2D eigenvalue weighted by molar-refractivity contribution is 0.601. The minimum atomic E-state index is -3.68. The van der Waals surface area contributed by atoms with E-state index in [-0.39, 0.29) is 4.90 Å². The van der Waals surface area contributed by atoms with Gasteiger partial charge in [0, 0.05) is 6.42 Å². The average Bonchev–Trinajstić information content (AvgIpc) is 2.41. The van der Waals surface area contributed by atoms with Crippen LogP contribution in [0.15, 0.2) is 53.4 Å². The number of hydrogen-bond donors (Lipinski definition) is 2. The van der Waals surface area contributed by atoms with E-state index < -0.39 is 10.0 Å². The molecule has 2 rings (SSSR count). The van der Waals surface area contributed by atoms with Crippen molar-refractivity contribution in [3.05, 3.63) is 59.1 Å². The number of thiocarbonyl (C=S) groups is 1. The van der Waals surface area contributed by atoms with Crippen LogP contribution in [0.4, 0.5) is 5.69 Å². The fourth-order valence-corrected chi connectivity index (χ4v) is 3.22. The number of sulfonamides is 1. The number of nitrogens with two attached hydrogens (primary N) is 1. The van der Waals surface area contributed by atoms with Crippen molar-refractivity contribution in [1.82, 2.24) is 0 Å². The molecule has 0 aromatic heterocycles. The van der Waals surface area contributed by atoms with Crippen LogP contribution < -0.4 is 10.5 Å². The third-order valence-corrected chi connectivity index (χ3v) is 4.59. The van der Waals surface area contributed by atoms with E-state index in [9.17, 15) is 8.42 Å². The molecule has 0 spiro atoms. The van der Waals surface area contributed by atoms with E-state index in [0.717, 1.165) is 5.56 Å². The Hall–Kier alpha value is -1.63. The van der Waals surface area contributed by atoms with Crippen LogP contribution in [-0.2, 0) is 16.4 Å². The van der Waals surface area contributed by atoms with Gasteiger partial charge in [0.25, 0.3) is 10.0 Å². The fraction of sp³-hybridized carbons (Fsp3) is 0.0714. The minimum absolute atomic E-state index is 0.147. The molecule has 0 atom stereocenters. The van der Waals surface area contributed by atoms with Gasteiger partial charge in [0.2, 0.25) is 0 Å². The number of anilines is 1. The Morgan fingerprint density at radius 1 is 1.14 bits per heavy atom.